The van der Waals surface area contributed by atoms with E-state index in [4.69, 9.17) is 0 Å². The van der Waals surface area contributed by atoms with E-state index in [9.17, 15) is 32.7 Å². The fraction of sp³-hybridized carbons (Fsp3) is 0.400. The normalized spacial score (nSPS) is 17.4. The number of halogens is 3. The van der Waals surface area contributed by atoms with Crippen molar-refractivity contribution in [3.63, 3.8) is 0 Å². The highest BCUT2D eigenvalue weighted by Gasteiger charge is 2.34. The Morgan fingerprint density at radius 2 is 1.29 bits per heavy atom. The Balaban J connectivity index is 1.27. The van der Waals surface area contributed by atoms with E-state index in [1.165, 1.54) is 18.2 Å². The standard InChI is InChI=1S/C25H26F3N3O4/c26-25(27,28)19-7-5-17(6-8-19)22(33)29-11-9-18(10-12-29)23(34)30-13-15-31(16-14-30)24(35)20-3-1-2-4-21(20)32/h1-8,18,32H,9-16H2. The lowest BCUT2D eigenvalue weighted by Crippen LogP contribution is -2.53. The number of hydrogen-bond acceptors (Lipinski definition) is 4. The van der Waals surface area contributed by atoms with E-state index in [1.54, 1.807) is 32.9 Å². The summed E-state index contributed by atoms with van der Waals surface area (Å²) < 4.78 is 38.2. The van der Waals surface area contributed by atoms with Gasteiger partial charge in [0, 0.05) is 50.7 Å². The molecule has 0 saturated carbocycles. The van der Waals surface area contributed by atoms with E-state index >= 15 is 0 Å². The average Bonchev–Trinajstić information content (AvgIpc) is 2.87. The second kappa shape index (κ2) is 9.97. The molecular weight excluding hydrogens is 463 g/mol. The molecule has 0 bridgehead atoms. The van der Waals surface area contributed by atoms with Crippen molar-refractivity contribution >= 4 is 17.7 Å². The summed E-state index contributed by atoms with van der Waals surface area (Å²) in [5.41, 5.74) is -0.383. The van der Waals surface area contributed by atoms with Crippen LogP contribution < -0.4 is 0 Å². The molecule has 0 radical (unpaired) electrons. The zero-order valence-corrected chi connectivity index (χ0v) is 19.0. The van der Waals surface area contributed by atoms with E-state index in [0.717, 1.165) is 12.1 Å². The first kappa shape index (κ1) is 24.6. The van der Waals surface area contributed by atoms with Crippen LogP contribution in [0.4, 0.5) is 13.2 Å². The van der Waals surface area contributed by atoms with E-state index in [2.05, 4.69) is 0 Å². The molecule has 10 heteroatoms. The zero-order chi connectivity index (χ0) is 25.2. The fourth-order valence-corrected chi connectivity index (χ4v) is 4.53. The quantitative estimate of drug-likeness (QED) is 0.718. The number of para-hydroxylation sites is 1. The third kappa shape index (κ3) is 5.41. The van der Waals surface area contributed by atoms with Gasteiger partial charge < -0.3 is 19.8 Å². The minimum absolute atomic E-state index is 0.0127. The van der Waals surface area contributed by atoms with Crippen LogP contribution in [-0.2, 0) is 11.0 Å². The van der Waals surface area contributed by atoms with Gasteiger partial charge in [0.1, 0.15) is 5.75 Å². The van der Waals surface area contributed by atoms with Crippen molar-refractivity contribution in [2.24, 2.45) is 5.92 Å². The lowest BCUT2D eigenvalue weighted by Gasteiger charge is -2.38. The second-order valence-corrected chi connectivity index (χ2v) is 8.78. The summed E-state index contributed by atoms with van der Waals surface area (Å²) in [6, 6.07) is 10.5. The molecule has 2 aliphatic heterocycles. The van der Waals surface area contributed by atoms with Gasteiger partial charge in [0.15, 0.2) is 0 Å². The number of phenols is 1. The maximum absolute atomic E-state index is 13.0. The Kier molecular flexibility index (Phi) is 7.00. The molecule has 0 aliphatic carbocycles. The first-order valence-corrected chi connectivity index (χ1v) is 11.5. The molecule has 7 nitrogen and oxygen atoms in total. The van der Waals surface area contributed by atoms with Crippen molar-refractivity contribution in [3.8, 4) is 5.75 Å². The monoisotopic (exact) mass is 489 g/mol. The van der Waals surface area contributed by atoms with Gasteiger partial charge in [-0.1, -0.05) is 12.1 Å². The Morgan fingerprint density at radius 3 is 1.86 bits per heavy atom. The van der Waals surface area contributed by atoms with Crippen molar-refractivity contribution in [3.05, 3.63) is 65.2 Å². The SMILES string of the molecule is O=C(c1ccc(C(F)(F)F)cc1)N1CCC(C(=O)N2CCN(C(=O)c3ccccc3O)CC2)CC1. The van der Waals surface area contributed by atoms with Gasteiger partial charge in [-0.2, -0.15) is 13.2 Å². The Hall–Kier alpha value is -3.56. The van der Waals surface area contributed by atoms with Gasteiger partial charge in [0.05, 0.1) is 11.1 Å². The number of hydrogen-bond donors (Lipinski definition) is 1. The molecule has 0 atom stereocenters. The molecule has 3 amide bonds. The Bertz CT molecular complexity index is 1090. The van der Waals surface area contributed by atoms with Crippen LogP contribution in [0.15, 0.2) is 48.5 Å². The molecule has 0 spiro atoms. The van der Waals surface area contributed by atoms with Crippen molar-refractivity contribution in [1.29, 1.82) is 0 Å². The van der Waals surface area contributed by atoms with Crippen molar-refractivity contribution < 1.29 is 32.7 Å². The van der Waals surface area contributed by atoms with Crippen LogP contribution in [0.3, 0.4) is 0 Å². The molecule has 0 aromatic heterocycles. The average molecular weight is 489 g/mol. The largest absolute Gasteiger partial charge is 0.507 e. The lowest BCUT2D eigenvalue weighted by atomic mass is 9.94. The smallest absolute Gasteiger partial charge is 0.416 e. The molecule has 2 fully saturated rings. The van der Waals surface area contributed by atoms with Gasteiger partial charge in [-0.3, -0.25) is 14.4 Å². The van der Waals surface area contributed by atoms with E-state index < -0.39 is 11.7 Å². The molecule has 35 heavy (non-hydrogen) atoms. The van der Waals surface area contributed by atoms with Crippen molar-refractivity contribution in [2.75, 3.05) is 39.3 Å². The van der Waals surface area contributed by atoms with Gasteiger partial charge in [0.2, 0.25) is 5.91 Å². The number of alkyl halides is 3. The molecule has 1 N–H and O–H groups in total. The van der Waals surface area contributed by atoms with Gasteiger partial charge in [-0.05, 0) is 49.2 Å². The highest BCUT2D eigenvalue weighted by molar-refractivity contribution is 5.97. The number of nitrogens with zero attached hydrogens (tertiary/aromatic N) is 3. The minimum atomic E-state index is -4.46. The number of rotatable bonds is 3. The maximum atomic E-state index is 13.0. The molecule has 186 valence electrons. The third-order valence-electron chi connectivity index (χ3n) is 6.60. The summed E-state index contributed by atoms with van der Waals surface area (Å²) in [6.45, 7) is 2.21. The number of likely N-dealkylation sites (tertiary alicyclic amines) is 1. The maximum Gasteiger partial charge on any atom is 0.416 e. The molecule has 2 saturated heterocycles. The first-order chi connectivity index (χ1) is 16.6. The van der Waals surface area contributed by atoms with Crippen LogP contribution in [0.2, 0.25) is 0 Å². The number of benzene rings is 2. The van der Waals surface area contributed by atoms with Crippen LogP contribution in [0, 0.1) is 5.92 Å². The molecule has 2 heterocycles. The van der Waals surface area contributed by atoms with Gasteiger partial charge >= 0.3 is 6.18 Å². The zero-order valence-electron chi connectivity index (χ0n) is 19.0. The number of amides is 3. The van der Waals surface area contributed by atoms with Crippen molar-refractivity contribution in [2.45, 2.75) is 19.0 Å². The number of piperidine rings is 1. The molecule has 2 aliphatic rings. The van der Waals surface area contributed by atoms with E-state index in [-0.39, 0.29) is 40.5 Å². The van der Waals surface area contributed by atoms with Gasteiger partial charge in [-0.25, -0.2) is 0 Å². The molecule has 2 aromatic carbocycles. The summed E-state index contributed by atoms with van der Waals surface area (Å²) in [6.07, 6.45) is -3.51. The molecule has 0 unspecified atom stereocenters. The van der Waals surface area contributed by atoms with Crippen LogP contribution >= 0.6 is 0 Å². The Labute approximate surface area is 200 Å². The second-order valence-electron chi connectivity index (χ2n) is 8.78. The topological polar surface area (TPSA) is 81.2 Å². The first-order valence-electron chi connectivity index (χ1n) is 11.5. The minimum Gasteiger partial charge on any atom is -0.507 e. The van der Waals surface area contributed by atoms with Crippen LogP contribution in [0.5, 0.6) is 5.75 Å². The summed E-state index contributed by atoms with van der Waals surface area (Å²) in [5.74, 6) is -0.951. The number of aromatic hydroxyl groups is 1. The predicted molar refractivity (Wildman–Crippen MR) is 121 cm³/mol. The summed E-state index contributed by atoms with van der Waals surface area (Å²) in [4.78, 5) is 43.2. The molecule has 2 aromatic rings. The highest BCUT2D eigenvalue weighted by Crippen LogP contribution is 2.30. The third-order valence-corrected chi connectivity index (χ3v) is 6.60. The summed E-state index contributed by atoms with van der Waals surface area (Å²) in [7, 11) is 0. The van der Waals surface area contributed by atoms with Crippen LogP contribution in [0.25, 0.3) is 0 Å². The van der Waals surface area contributed by atoms with E-state index in [1.807, 2.05) is 0 Å². The van der Waals surface area contributed by atoms with E-state index in [0.29, 0.717) is 52.1 Å². The van der Waals surface area contributed by atoms with Gasteiger partial charge in [-0.15, -0.1) is 0 Å². The van der Waals surface area contributed by atoms with Crippen LogP contribution in [-0.4, -0.2) is 76.8 Å². The number of carbonyl (C=O) groups excluding carboxylic acids is 3. The Morgan fingerprint density at radius 1 is 0.743 bits per heavy atom. The fourth-order valence-electron chi connectivity index (χ4n) is 4.53. The lowest BCUT2D eigenvalue weighted by molar-refractivity contribution is -0.138. The number of phenolic OH excluding ortho intramolecular Hbond substituents is 1. The van der Waals surface area contributed by atoms with Crippen molar-refractivity contribution in [1.82, 2.24) is 14.7 Å². The summed E-state index contributed by atoms with van der Waals surface area (Å²) >= 11 is 0. The molecule has 4 rings (SSSR count). The highest BCUT2D eigenvalue weighted by atomic mass is 19.4. The summed E-state index contributed by atoms with van der Waals surface area (Å²) in [5, 5.41) is 9.91. The number of piperazine rings is 1. The molecular formula is C25H26F3N3O4. The predicted octanol–water partition coefficient (Wildman–Crippen LogP) is 3.25. The van der Waals surface area contributed by atoms with Crippen LogP contribution in [0.1, 0.15) is 39.1 Å². The number of carbonyl (C=O) groups is 3. The van der Waals surface area contributed by atoms with Gasteiger partial charge in [0.25, 0.3) is 11.8 Å².